The van der Waals surface area contributed by atoms with Gasteiger partial charge in [0.15, 0.2) is 0 Å². The topological polar surface area (TPSA) is 68.0 Å². The van der Waals surface area contributed by atoms with E-state index in [0.717, 1.165) is 37.8 Å². The van der Waals surface area contributed by atoms with E-state index < -0.39 is 5.54 Å². The van der Waals surface area contributed by atoms with E-state index in [-0.39, 0.29) is 5.91 Å². The fourth-order valence-electron chi connectivity index (χ4n) is 2.93. The first-order chi connectivity index (χ1) is 10.7. The Morgan fingerprint density at radius 1 is 1.05 bits per heavy atom. The standard InChI is InChI=1S/C18H21N3O/c19-18(9-1-2-10-18)17(22)21-16-5-3-14(4-6-16)13-15-7-11-20-12-8-15/h3-8,11-12H,1-2,9-10,13,19H2,(H,21,22). The molecule has 2 aromatic rings. The molecule has 1 amide bonds. The molecular weight excluding hydrogens is 274 g/mol. The smallest absolute Gasteiger partial charge is 0.244 e. The summed E-state index contributed by atoms with van der Waals surface area (Å²) in [6, 6.07) is 12.0. The largest absolute Gasteiger partial charge is 0.324 e. The van der Waals surface area contributed by atoms with Crippen molar-refractivity contribution in [1.29, 1.82) is 0 Å². The van der Waals surface area contributed by atoms with Crippen LogP contribution in [-0.4, -0.2) is 16.4 Å². The van der Waals surface area contributed by atoms with Crippen molar-refractivity contribution in [3.63, 3.8) is 0 Å². The van der Waals surface area contributed by atoms with Gasteiger partial charge < -0.3 is 11.1 Å². The van der Waals surface area contributed by atoms with Gasteiger partial charge in [0, 0.05) is 18.1 Å². The van der Waals surface area contributed by atoms with Crippen LogP contribution in [0.15, 0.2) is 48.8 Å². The maximum Gasteiger partial charge on any atom is 0.244 e. The van der Waals surface area contributed by atoms with Gasteiger partial charge in [-0.1, -0.05) is 25.0 Å². The van der Waals surface area contributed by atoms with Gasteiger partial charge in [-0.05, 0) is 54.7 Å². The molecule has 4 heteroatoms. The van der Waals surface area contributed by atoms with Crippen LogP contribution in [0.4, 0.5) is 5.69 Å². The van der Waals surface area contributed by atoms with Gasteiger partial charge in [-0.2, -0.15) is 0 Å². The van der Waals surface area contributed by atoms with Crippen LogP contribution in [0.25, 0.3) is 0 Å². The predicted octanol–water partition coefficient (Wildman–Crippen LogP) is 2.88. The highest BCUT2D eigenvalue weighted by Crippen LogP contribution is 2.28. The molecule has 3 N–H and O–H groups in total. The Bertz CT molecular complexity index is 631. The summed E-state index contributed by atoms with van der Waals surface area (Å²) in [5.74, 6) is -0.0631. The van der Waals surface area contributed by atoms with E-state index in [0.29, 0.717) is 0 Å². The maximum absolute atomic E-state index is 12.3. The molecular formula is C18H21N3O. The molecule has 0 bridgehead atoms. The SMILES string of the molecule is NC1(C(=O)Nc2ccc(Cc3ccncc3)cc2)CCCC1. The van der Waals surface area contributed by atoms with E-state index in [1.807, 2.05) is 36.4 Å². The Morgan fingerprint density at radius 2 is 1.64 bits per heavy atom. The number of carbonyl (C=O) groups excluding carboxylic acids is 1. The van der Waals surface area contributed by atoms with Gasteiger partial charge in [-0.3, -0.25) is 9.78 Å². The average molecular weight is 295 g/mol. The number of hydrogen-bond donors (Lipinski definition) is 2. The summed E-state index contributed by atoms with van der Waals surface area (Å²) in [5.41, 5.74) is 8.71. The van der Waals surface area contributed by atoms with Crippen LogP contribution in [0.5, 0.6) is 0 Å². The number of anilines is 1. The number of rotatable bonds is 4. The second kappa shape index (κ2) is 6.28. The third-order valence-corrected chi connectivity index (χ3v) is 4.32. The van der Waals surface area contributed by atoms with Crippen LogP contribution in [0.1, 0.15) is 36.8 Å². The van der Waals surface area contributed by atoms with Crippen molar-refractivity contribution >= 4 is 11.6 Å². The first kappa shape index (κ1) is 14.7. The van der Waals surface area contributed by atoms with Gasteiger partial charge in [0.1, 0.15) is 0 Å². The molecule has 0 aliphatic heterocycles. The number of carbonyl (C=O) groups is 1. The normalized spacial score (nSPS) is 16.4. The zero-order valence-electron chi connectivity index (χ0n) is 12.6. The minimum absolute atomic E-state index is 0.0631. The van der Waals surface area contributed by atoms with E-state index in [1.165, 1.54) is 11.1 Å². The third-order valence-electron chi connectivity index (χ3n) is 4.32. The summed E-state index contributed by atoms with van der Waals surface area (Å²) in [7, 11) is 0. The second-order valence-electron chi connectivity index (χ2n) is 6.05. The highest BCUT2D eigenvalue weighted by molar-refractivity contribution is 5.98. The van der Waals surface area contributed by atoms with Crippen molar-refractivity contribution in [1.82, 2.24) is 4.98 Å². The predicted molar refractivity (Wildman–Crippen MR) is 87.5 cm³/mol. The third kappa shape index (κ3) is 3.34. The van der Waals surface area contributed by atoms with E-state index in [2.05, 4.69) is 10.3 Å². The quantitative estimate of drug-likeness (QED) is 0.911. The highest BCUT2D eigenvalue weighted by atomic mass is 16.2. The molecule has 1 fully saturated rings. The maximum atomic E-state index is 12.3. The van der Waals surface area contributed by atoms with Gasteiger partial charge >= 0.3 is 0 Å². The van der Waals surface area contributed by atoms with E-state index in [1.54, 1.807) is 12.4 Å². The molecule has 0 spiro atoms. The van der Waals surface area contributed by atoms with E-state index >= 15 is 0 Å². The minimum atomic E-state index is -0.685. The molecule has 1 aliphatic rings. The molecule has 4 nitrogen and oxygen atoms in total. The van der Waals surface area contributed by atoms with Gasteiger partial charge in [0.2, 0.25) is 5.91 Å². The van der Waals surface area contributed by atoms with E-state index in [9.17, 15) is 4.79 Å². The lowest BCUT2D eigenvalue weighted by atomic mass is 9.98. The molecule has 1 saturated carbocycles. The van der Waals surface area contributed by atoms with Crippen LogP contribution in [-0.2, 0) is 11.2 Å². The number of benzene rings is 1. The van der Waals surface area contributed by atoms with Gasteiger partial charge in [-0.25, -0.2) is 0 Å². The molecule has 3 rings (SSSR count). The van der Waals surface area contributed by atoms with Crippen LogP contribution in [0.2, 0.25) is 0 Å². The summed E-state index contributed by atoms with van der Waals surface area (Å²) < 4.78 is 0. The molecule has 0 radical (unpaired) electrons. The summed E-state index contributed by atoms with van der Waals surface area (Å²) >= 11 is 0. The van der Waals surface area contributed by atoms with Crippen molar-refractivity contribution in [3.05, 3.63) is 59.9 Å². The molecule has 1 heterocycles. The minimum Gasteiger partial charge on any atom is -0.324 e. The van der Waals surface area contributed by atoms with Crippen molar-refractivity contribution in [2.75, 3.05) is 5.32 Å². The fraction of sp³-hybridized carbons (Fsp3) is 0.333. The Labute approximate surface area is 130 Å². The number of aromatic nitrogens is 1. The van der Waals surface area contributed by atoms with Crippen LogP contribution in [0, 0.1) is 0 Å². The van der Waals surface area contributed by atoms with Crippen LogP contribution < -0.4 is 11.1 Å². The Balaban J connectivity index is 1.63. The Morgan fingerprint density at radius 3 is 2.27 bits per heavy atom. The lowest BCUT2D eigenvalue weighted by Gasteiger charge is -2.22. The zero-order valence-corrected chi connectivity index (χ0v) is 12.6. The number of pyridine rings is 1. The Kier molecular flexibility index (Phi) is 4.20. The van der Waals surface area contributed by atoms with Crippen LogP contribution in [0.3, 0.4) is 0 Å². The second-order valence-corrected chi connectivity index (χ2v) is 6.05. The molecule has 0 atom stereocenters. The van der Waals surface area contributed by atoms with Gasteiger partial charge in [0.25, 0.3) is 0 Å². The zero-order chi connectivity index (χ0) is 15.4. The van der Waals surface area contributed by atoms with Crippen molar-refractivity contribution in [2.45, 2.75) is 37.6 Å². The van der Waals surface area contributed by atoms with Crippen LogP contribution >= 0.6 is 0 Å². The Hall–Kier alpha value is -2.20. The van der Waals surface area contributed by atoms with Gasteiger partial charge in [-0.15, -0.1) is 0 Å². The molecule has 1 aromatic heterocycles. The fourth-order valence-corrected chi connectivity index (χ4v) is 2.93. The number of hydrogen-bond acceptors (Lipinski definition) is 3. The lowest BCUT2D eigenvalue weighted by molar-refractivity contribution is -0.121. The molecule has 22 heavy (non-hydrogen) atoms. The van der Waals surface area contributed by atoms with Crippen molar-refractivity contribution < 1.29 is 4.79 Å². The lowest BCUT2D eigenvalue weighted by Crippen LogP contribution is -2.48. The molecule has 114 valence electrons. The van der Waals surface area contributed by atoms with Gasteiger partial charge in [0.05, 0.1) is 5.54 Å². The summed E-state index contributed by atoms with van der Waals surface area (Å²) in [5, 5.41) is 2.94. The first-order valence-electron chi connectivity index (χ1n) is 7.74. The average Bonchev–Trinajstić information content (AvgIpc) is 2.98. The van der Waals surface area contributed by atoms with E-state index in [4.69, 9.17) is 5.73 Å². The number of nitrogens with one attached hydrogen (secondary N) is 1. The number of amides is 1. The molecule has 1 aliphatic carbocycles. The molecule has 0 saturated heterocycles. The number of nitrogens with two attached hydrogens (primary N) is 1. The number of nitrogens with zero attached hydrogens (tertiary/aromatic N) is 1. The molecule has 0 unspecified atom stereocenters. The summed E-state index contributed by atoms with van der Waals surface area (Å²) in [4.78, 5) is 16.3. The van der Waals surface area contributed by atoms with Crippen molar-refractivity contribution in [3.8, 4) is 0 Å². The monoisotopic (exact) mass is 295 g/mol. The summed E-state index contributed by atoms with van der Waals surface area (Å²) in [6.45, 7) is 0. The first-order valence-corrected chi connectivity index (χ1v) is 7.74. The summed E-state index contributed by atoms with van der Waals surface area (Å²) in [6.07, 6.45) is 8.08. The molecule has 1 aromatic carbocycles. The van der Waals surface area contributed by atoms with Crippen molar-refractivity contribution in [2.24, 2.45) is 5.73 Å². The highest BCUT2D eigenvalue weighted by Gasteiger charge is 2.36.